The van der Waals surface area contributed by atoms with Crippen molar-refractivity contribution in [1.29, 1.82) is 0 Å². The van der Waals surface area contributed by atoms with Gasteiger partial charge in [-0.3, -0.25) is 0 Å². The maximum absolute atomic E-state index is 5.62. The van der Waals surface area contributed by atoms with E-state index < -0.39 is 0 Å². The number of benzene rings is 5. The summed E-state index contributed by atoms with van der Waals surface area (Å²) in [5.74, 6) is 0. The molecule has 4 heterocycles. The van der Waals surface area contributed by atoms with E-state index in [4.69, 9.17) is 18.9 Å². The molecular weight excluding hydrogens is 701 g/mol. The largest absolute Gasteiger partial charge is 0.378 e. The fraction of sp³-hybridized carbons (Fsp3) is 0.348. The molecule has 0 saturated carbocycles. The molecule has 4 aliphatic rings. The lowest BCUT2D eigenvalue weighted by atomic mass is 10.1. The zero-order chi connectivity index (χ0) is 37.5. The van der Waals surface area contributed by atoms with Crippen LogP contribution in [0.1, 0.15) is 0 Å². The highest BCUT2D eigenvalue weighted by atomic mass is 16.5. The molecule has 5 aromatic carbocycles. The molecule has 0 aromatic heterocycles. The van der Waals surface area contributed by atoms with Gasteiger partial charge in [0.1, 0.15) is 0 Å². The number of anilines is 10. The minimum Gasteiger partial charge on any atom is -0.378 e. The van der Waals surface area contributed by atoms with Gasteiger partial charge in [0.05, 0.1) is 52.9 Å². The maximum atomic E-state index is 5.62. The minimum absolute atomic E-state index is 0.767. The van der Waals surface area contributed by atoms with Crippen LogP contribution in [0.3, 0.4) is 0 Å². The smallest absolute Gasteiger partial charge is 0.192 e. The predicted molar refractivity (Wildman–Crippen MR) is 227 cm³/mol. The highest BCUT2D eigenvalue weighted by Crippen LogP contribution is 2.40. The number of hydrogen-bond acceptors (Lipinski definition) is 10. The summed E-state index contributed by atoms with van der Waals surface area (Å²) in [4.78, 5) is 14.3. The van der Waals surface area contributed by atoms with Gasteiger partial charge in [-0.05, 0) is 84.9 Å². The Labute approximate surface area is 330 Å². The number of nitrogens with zero attached hydrogens (tertiary/aromatic N) is 6. The van der Waals surface area contributed by atoms with Crippen LogP contribution in [0.15, 0.2) is 121 Å². The standard InChI is InChI=1S/C46H52N6O4/c1-9-41(10-2-37(1)47-21-29-53-30-22-47)51(42-11-3-38(4-12-42)48-23-31-54-32-24-48)45-17-19-46(20-18-45)52(43-13-5-39(6-14-43)49-25-33-55-34-26-49)44-15-7-40(8-16-44)50-27-35-56-36-28-50/h1-20H,21-36H2/q+1. The van der Waals surface area contributed by atoms with Crippen molar-refractivity contribution in [2.75, 3.05) is 130 Å². The van der Waals surface area contributed by atoms with Gasteiger partial charge in [0.25, 0.3) is 0 Å². The molecule has 4 aliphatic heterocycles. The molecule has 0 unspecified atom stereocenters. The van der Waals surface area contributed by atoms with E-state index in [1.54, 1.807) is 0 Å². The summed E-state index contributed by atoms with van der Waals surface area (Å²) in [5.41, 5.74) is 11.6. The van der Waals surface area contributed by atoms with Crippen LogP contribution in [0, 0.1) is 0 Å². The number of morpholine rings is 4. The van der Waals surface area contributed by atoms with Gasteiger partial charge >= 0.3 is 0 Å². The second kappa shape index (κ2) is 17.4. The minimum atomic E-state index is 0.767. The Morgan fingerprint density at radius 1 is 0.304 bits per heavy atom. The van der Waals surface area contributed by atoms with Gasteiger partial charge in [0.2, 0.25) is 0 Å². The van der Waals surface area contributed by atoms with E-state index in [9.17, 15) is 0 Å². The highest BCUT2D eigenvalue weighted by molar-refractivity contribution is 5.80. The first-order chi connectivity index (χ1) is 27.8. The molecule has 0 amide bonds. The zero-order valence-electron chi connectivity index (χ0n) is 32.2. The normalized spacial score (nSPS) is 18.0. The van der Waals surface area contributed by atoms with E-state index in [0.717, 1.165) is 139 Å². The summed E-state index contributed by atoms with van der Waals surface area (Å²) in [6.07, 6.45) is 0. The van der Waals surface area contributed by atoms with Crippen LogP contribution in [0.2, 0.25) is 0 Å². The first-order valence-corrected chi connectivity index (χ1v) is 20.2. The van der Waals surface area contributed by atoms with Crippen molar-refractivity contribution in [2.24, 2.45) is 0 Å². The molecule has 9 rings (SSSR count). The Bertz CT molecular complexity index is 1700. The van der Waals surface area contributed by atoms with Gasteiger partial charge in [-0.1, -0.05) is 4.90 Å². The van der Waals surface area contributed by atoms with Crippen LogP contribution < -0.4 is 29.4 Å². The van der Waals surface area contributed by atoms with Crippen LogP contribution in [0.5, 0.6) is 0 Å². The molecule has 289 valence electrons. The second-order valence-corrected chi connectivity index (χ2v) is 14.7. The van der Waals surface area contributed by atoms with Crippen LogP contribution in [-0.2, 0) is 18.9 Å². The molecule has 0 atom stereocenters. The van der Waals surface area contributed by atoms with Gasteiger partial charge in [0.15, 0.2) is 17.1 Å². The molecule has 4 saturated heterocycles. The molecular formula is C46H52N6O4+. The lowest BCUT2D eigenvalue weighted by Gasteiger charge is -2.31. The molecule has 0 spiro atoms. The van der Waals surface area contributed by atoms with Crippen molar-refractivity contribution in [2.45, 2.75) is 0 Å². The van der Waals surface area contributed by atoms with E-state index in [0.29, 0.717) is 0 Å². The lowest BCUT2D eigenvalue weighted by molar-refractivity contribution is 0.122. The second-order valence-electron chi connectivity index (χ2n) is 14.7. The maximum Gasteiger partial charge on any atom is 0.192 e. The highest BCUT2D eigenvalue weighted by Gasteiger charge is 2.28. The van der Waals surface area contributed by atoms with E-state index in [-0.39, 0.29) is 0 Å². The van der Waals surface area contributed by atoms with Gasteiger partial charge in [-0.2, -0.15) is 0 Å². The predicted octanol–water partition coefficient (Wildman–Crippen LogP) is 7.94. The summed E-state index contributed by atoms with van der Waals surface area (Å²) in [6, 6.07) is 44.9. The fourth-order valence-electron chi connectivity index (χ4n) is 8.18. The van der Waals surface area contributed by atoms with Crippen molar-refractivity contribution in [3.8, 4) is 0 Å². The van der Waals surface area contributed by atoms with Crippen molar-refractivity contribution in [3.63, 3.8) is 0 Å². The molecule has 5 aromatic rings. The Kier molecular flexibility index (Phi) is 11.3. The molecule has 10 heteroatoms. The fourth-order valence-corrected chi connectivity index (χ4v) is 8.18. The number of rotatable bonds is 10. The monoisotopic (exact) mass is 752 g/mol. The molecule has 4 fully saturated rings. The first kappa shape index (κ1) is 36.5. The lowest BCUT2D eigenvalue weighted by Crippen LogP contribution is -2.36. The number of ether oxygens (including phenoxy) is 4. The topological polar surface area (TPSA) is 59.0 Å². The van der Waals surface area contributed by atoms with Crippen LogP contribution >= 0.6 is 0 Å². The average molecular weight is 753 g/mol. The quantitative estimate of drug-likeness (QED) is 0.133. The third-order valence-corrected chi connectivity index (χ3v) is 11.3. The molecule has 0 N–H and O–H groups in total. The first-order valence-electron chi connectivity index (χ1n) is 20.2. The third-order valence-electron chi connectivity index (χ3n) is 11.3. The van der Waals surface area contributed by atoms with E-state index in [1.807, 2.05) is 0 Å². The van der Waals surface area contributed by atoms with Crippen LogP contribution in [0.25, 0.3) is 0 Å². The van der Waals surface area contributed by atoms with Gasteiger partial charge in [0, 0.05) is 129 Å². The summed E-state index contributed by atoms with van der Waals surface area (Å²) in [5, 5.41) is 0. The summed E-state index contributed by atoms with van der Waals surface area (Å²) < 4.78 is 22.5. The van der Waals surface area contributed by atoms with E-state index in [2.05, 4.69) is 151 Å². The van der Waals surface area contributed by atoms with Gasteiger partial charge in [-0.25, -0.2) is 0 Å². The summed E-state index contributed by atoms with van der Waals surface area (Å²) in [6.45, 7) is 13.4. The molecule has 56 heavy (non-hydrogen) atoms. The zero-order valence-corrected chi connectivity index (χ0v) is 32.2. The Hall–Kier alpha value is -5.10. The van der Waals surface area contributed by atoms with Gasteiger partial charge in [-0.15, -0.1) is 0 Å². The summed E-state index contributed by atoms with van der Waals surface area (Å²) in [7, 11) is 0. The molecule has 1 radical (unpaired) electrons. The van der Waals surface area contributed by atoms with Crippen LogP contribution in [-0.4, -0.2) is 105 Å². The third kappa shape index (κ3) is 8.21. The van der Waals surface area contributed by atoms with Crippen molar-refractivity contribution >= 4 is 56.9 Å². The molecule has 0 bridgehead atoms. The SMILES string of the molecule is c1cc(N(c2ccc(N3CCOCC3)cc2)c2ccc([N+](c3ccc(N4CCOCC4)cc3)c3ccc(N4CCOCC4)cc3)cc2)ccc1N1CCOCC1. The molecule has 0 aliphatic carbocycles. The Balaban J connectivity index is 1.05. The Morgan fingerprint density at radius 3 is 0.786 bits per heavy atom. The Morgan fingerprint density at radius 2 is 0.518 bits per heavy atom. The van der Waals surface area contributed by atoms with Crippen LogP contribution in [0.4, 0.5) is 56.9 Å². The van der Waals surface area contributed by atoms with Crippen molar-refractivity contribution in [3.05, 3.63) is 121 Å². The van der Waals surface area contributed by atoms with Crippen molar-refractivity contribution < 1.29 is 18.9 Å². The van der Waals surface area contributed by atoms with E-state index >= 15 is 0 Å². The average Bonchev–Trinajstić information content (AvgIpc) is 3.29. The molecule has 10 nitrogen and oxygen atoms in total. The van der Waals surface area contributed by atoms with E-state index in [1.165, 1.54) is 22.7 Å². The summed E-state index contributed by atoms with van der Waals surface area (Å²) >= 11 is 0. The van der Waals surface area contributed by atoms with Gasteiger partial charge < -0.3 is 43.4 Å². The number of hydrogen-bond donors (Lipinski definition) is 0. The van der Waals surface area contributed by atoms with Crippen molar-refractivity contribution in [1.82, 2.24) is 4.90 Å².